The Morgan fingerprint density at radius 1 is 1.43 bits per heavy atom. The molecule has 1 amide bonds. The van der Waals surface area contributed by atoms with Crippen LogP contribution in [0.15, 0.2) is 16.6 Å². The predicted molar refractivity (Wildman–Crippen MR) is 87.1 cm³/mol. The van der Waals surface area contributed by atoms with E-state index >= 15 is 0 Å². The van der Waals surface area contributed by atoms with Crippen molar-refractivity contribution >= 4 is 34.2 Å². The van der Waals surface area contributed by atoms with Gasteiger partial charge in [0, 0.05) is 12.6 Å². The number of hydrogen-bond acceptors (Lipinski definition) is 4. The SMILES string of the molecule is CCOc1cc(CNC2CC2)cc(Br)c1OCC(N)=O.Cl. The summed E-state index contributed by atoms with van der Waals surface area (Å²) in [5.74, 6) is 0.621. The van der Waals surface area contributed by atoms with Crippen molar-refractivity contribution in [2.75, 3.05) is 13.2 Å². The highest BCUT2D eigenvalue weighted by Gasteiger charge is 2.20. The third kappa shape index (κ3) is 5.73. The van der Waals surface area contributed by atoms with Crippen LogP contribution in [0.25, 0.3) is 0 Å². The van der Waals surface area contributed by atoms with Crippen LogP contribution < -0.4 is 20.5 Å². The van der Waals surface area contributed by atoms with Crippen molar-refractivity contribution in [1.29, 1.82) is 0 Å². The molecule has 1 aromatic rings. The van der Waals surface area contributed by atoms with Gasteiger partial charge >= 0.3 is 0 Å². The Kier molecular flexibility index (Phi) is 7.28. The molecule has 0 spiro atoms. The Labute approximate surface area is 139 Å². The fourth-order valence-corrected chi connectivity index (χ4v) is 2.42. The van der Waals surface area contributed by atoms with Gasteiger partial charge in [-0.15, -0.1) is 12.4 Å². The number of halogens is 2. The fraction of sp³-hybridized carbons (Fsp3) is 0.500. The van der Waals surface area contributed by atoms with E-state index in [0.717, 1.165) is 16.6 Å². The smallest absolute Gasteiger partial charge is 0.255 e. The monoisotopic (exact) mass is 378 g/mol. The molecule has 1 aliphatic carbocycles. The number of rotatable bonds is 8. The van der Waals surface area contributed by atoms with Crippen LogP contribution in [0.2, 0.25) is 0 Å². The number of primary amides is 1. The second-order valence-corrected chi connectivity index (χ2v) is 5.60. The fourth-order valence-electron chi connectivity index (χ4n) is 1.82. The summed E-state index contributed by atoms with van der Waals surface area (Å²) in [6.45, 7) is 3.05. The van der Waals surface area contributed by atoms with Crippen LogP contribution in [0.1, 0.15) is 25.3 Å². The van der Waals surface area contributed by atoms with Crippen LogP contribution >= 0.6 is 28.3 Å². The van der Waals surface area contributed by atoms with Crippen molar-refractivity contribution < 1.29 is 14.3 Å². The zero-order valence-corrected chi connectivity index (χ0v) is 14.3. The maximum atomic E-state index is 10.8. The Balaban J connectivity index is 0.00000220. The van der Waals surface area contributed by atoms with Crippen molar-refractivity contribution in [3.05, 3.63) is 22.2 Å². The Bertz CT molecular complexity index is 495. The number of nitrogens with two attached hydrogens (primary N) is 1. The molecule has 0 saturated heterocycles. The number of nitrogens with one attached hydrogen (secondary N) is 1. The molecule has 118 valence electrons. The number of amides is 1. The maximum Gasteiger partial charge on any atom is 0.255 e. The average Bonchev–Trinajstić information content (AvgIpc) is 3.19. The number of hydrogen-bond donors (Lipinski definition) is 2. The lowest BCUT2D eigenvalue weighted by Crippen LogP contribution is -2.20. The summed E-state index contributed by atoms with van der Waals surface area (Å²) in [6.07, 6.45) is 2.50. The molecule has 1 saturated carbocycles. The van der Waals surface area contributed by atoms with Crippen LogP contribution in [0.3, 0.4) is 0 Å². The summed E-state index contributed by atoms with van der Waals surface area (Å²) in [4.78, 5) is 10.8. The third-order valence-corrected chi connectivity index (χ3v) is 3.49. The summed E-state index contributed by atoms with van der Waals surface area (Å²) in [7, 11) is 0. The molecule has 0 bridgehead atoms. The van der Waals surface area contributed by atoms with Crippen molar-refractivity contribution in [1.82, 2.24) is 5.32 Å². The average molecular weight is 380 g/mol. The zero-order valence-electron chi connectivity index (χ0n) is 11.9. The minimum absolute atomic E-state index is 0. The van der Waals surface area contributed by atoms with Gasteiger partial charge in [0.15, 0.2) is 18.1 Å². The minimum atomic E-state index is -0.515. The van der Waals surface area contributed by atoms with Gasteiger partial charge in [-0.1, -0.05) is 0 Å². The summed E-state index contributed by atoms with van der Waals surface area (Å²) < 4.78 is 11.7. The number of carbonyl (C=O) groups excluding carboxylic acids is 1. The first-order chi connectivity index (χ1) is 9.60. The molecule has 0 aliphatic heterocycles. The predicted octanol–water partition coefficient (Wildman–Crippen LogP) is 2.39. The lowest BCUT2D eigenvalue weighted by atomic mass is 10.2. The van der Waals surface area contributed by atoms with Gasteiger partial charge in [0.25, 0.3) is 5.91 Å². The molecule has 1 fully saturated rings. The topological polar surface area (TPSA) is 73.6 Å². The van der Waals surface area contributed by atoms with E-state index < -0.39 is 5.91 Å². The molecule has 5 nitrogen and oxygen atoms in total. The number of benzene rings is 1. The lowest BCUT2D eigenvalue weighted by molar-refractivity contribution is -0.119. The van der Waals surface area contributed by atoms with Crippen molar-refractivity contribution in [3.63, 3.8) is 0 Å². The second kappa shape index (κ2) is 8.46. The molecule has 2 rings (SSSR count). The van der Waals surface area contributed by atoms with E-state index in [-0.39, 0.29) is 19.0 Å². The standard InChI is InChI=1S/C14H19BrN2O3.ClH/c1-2-19-12-6-9(7-17-10-3-4-10)5-11(15)14(12)20-8-13(16)18;/h5-6,10,17H,2-4,7-8H2,1H3,(H2,16,18);1H. The normalized spacial score (nSPS) is 13.4. The number of ether oxygens (including phenoxy) is 2. The van der Waals surface area contributed by atoms with Gasteiger partial charge in [0.2, 0.25) is 0 Å². The highest BCUT2D eigenvalue weighted by molar-refractivity contribution is 9.10. The molecule has 0 atom stereocenters. The van der Waals surface area contributed by atoms with Gasteiger partial charge in [-0.05, 0) is 53.4 Å². The van der Waals surface area contributed by atoms with Gasteiger partial charge in [-0.2, -0.15) is 0 Å². The van der Waals surface area contributed by atoms with E-state index in [9.17, 15) is 4.79 Å². The first kappa shape index (κ1) is 18.1. The summed E-state index contributed by atoms with van der Waals surface area (Å²) in [5, 5.41) is 3.45. The van der Waals surface area contributed by atoms with Crippen LogP contribution in [0.5, 0.6) is 11.5 Å². The lowest BCUT2D eigenvalue weighted by Gasteiger charge is -2.15. The summed E-state index contributed by atoms with van der Waals surface area (Å²) in [5.41, 5.74) is 6.21. The molecule has 0 unspecified atom stereocenters. The van der Waals surface area contributed by atoms with Crippen LogP contribution in [0.4, 0.5) is 0 Å². The Hall–Kier alpha value is -0.980. The van der Waals surface area contributed by atoms with Crippen LogP contribution in [0, 0.1) is 0 Å². The van der Waals surface area contributed by atoms with Crippen molar-refractivity contribution in [2.24, 2.45) is 5.73 Å². The molecule has 7 heteroatoms. The summed E-state index contributed by atoms with van der Waals surface area (Å²) in [6, 6.07) is 4.55. The first-order valence-electron chi connectivity index (χ1n) is 6.70. The molecule has 1 aliphatic rings. The minimum Gasteiger partial charge on any atom is -0.490 e. The molecule has 1 aromatic carbocycles. The van der Waals surface area contributed by atoms with Crippen molar-refractivity contribution in [3.8, 4) is 11.5 Å². The van der Waals surface area contributed by atoms with Gasteiger partial charge in [0.1, 0.15) is 0 Å². The molecule has 0 heterocycles. The summed E-state index contributed by atoms with van der Waals surface area (Å²) >= 11 is 3.46. The molecular formula is C14H20BrClN2O3. The second-order valence-electron chi connectivity index (χ2n) is 4.75. The first-order valence-corrected chi connectivity index (χ1v) is 7.49. The maximum absolute atomic E-state index is 10.8. The van der Waals surface area contributed by atoms with Gasteiger partial charge in [-0.3, -0.25) is 4.79 Å². The Morgan fingerprint density at radius 2 is 2.14 bits per heavy atom. The van der Waals surface area contributed by atoms with Gasteiger partial charge < -0.3 is 20.5 Å². The largest absolute Gasteiger partial charge is 0.490 e. The molecule has 3 N–H and O–H groups in total. The molecule has 21 heavy (non-hydrogen) atoms. The van der Waals surface area contributed by atoms with E-state index in [1.165, 1.54) is 12.8 Å². The van der Waals surface area contributed by atoms with Crippen molar-refractivity contribution in [2.45, 2.75) is 32.4 Å². The van der Waals surface area contributed by atoms with E-state index in [1.807, 2.05) is 19.1 Å². The van der Waals surface area contributed by atoms with Gasteiger partial charge in [0.05, 0.1) is 11.1 Å². The highest BCUT2D eigenvalue weighted by atomic mass is 79.9. The van der Waals surface area contributed by atoms with E-state index in [1.54, 1.807) is 0 Å². The molecule has 0 radical (unpaired) electrons. The quantitative estimate of drug-likeness (QED) is 0.727. The zero-order chi connectivity index (χ0) is 14.5. The van der Waals surface area contributed by atoms with E-state index in [0.29, 0.717) is 24.1 Å². The number of carbonyl (C=O) groups is 1. The van der Waals surface area contributed by atoms with E-state index in [4.69, 9.17) is 15.2 Å². The van der Waals surface area contributed by atoms with Gasteiger partial charge in [-0.25, -0.2) is 0 Å². The van der Waals surface area contributed by atoms with Crippen LogP contribution in [-0.4, -0.2) is 25.2 Å². The van der Waals surface area contributed by atoms with E-state index in [2.05, 4.69) is 21.2 Å². The third-order valence-electron chi connectivity index (χ3n) is 2.90. The van der Waals surface area contributed by atoms with Crippen LogP contribution in [-0.2, 0) is 11.3 Å². The molecular weight excluding hydrogens is 360 g/mol. The molecule has 0 aromatic heterocycles. The highest BCUT2D eigenvalue weighted by Crippen LogP contribution is 2.37. The Morgan fingerprint density at radius 3 is 2.71 bits per heavy atom.